The van der Waals surface area contributed by atoms with Crippen molar-refractivity contribution >= 4 is 23.4 Å². The Morgan fingerprint density at radius 2 is 1.72 bits per heavy atom. The lowest BCUT2D eigenvalue weighted by Gasteiger charge is -2.21. The first-order valence-electron chi connectivity index (χ1n) is 10.1. The Morgan fingerprint density at radius 1 is 0.969 bits per heavy atom. The highest BCUT2D eigenvalue weighted by Crippen LogP contribution is 2.40. The van der Waals surface area contributed by atoms with E-state index in [2.05, 4.69) is 10.3 Å². The molecule has 1 aliphatic heterocycles. The number of carbonyl (C=O) groups is 1. The van der Waals surface area contributed by atoms with Gasteiger partial charge in [-0.1, -0.05) is 60.3 Å². The molecular formula is C25H18FN3O2S. The molecule has 32 heavy (non-hydrogen) atoms. The van der Waals surface area contributed by atoms with Crippen molar-refractivity contribution < 1.29 is 13.9 Å². The molecule has 0 unspecified atom stereocenters. The van der Waals surface area contributed by atoms with Gasteiger partial charge in [-0.25, -0.2) is 9.37 Å². The molecule has 3 aromatic carbocycles. The van der Waals surface area contributed by atoms with E-state index in [4.69, 9.17) is 9.72 Å². The van der Waals surface area contributed by atoms with Crippen molar-refractivity contribution in [2.45, 2.75) is 11.4 Å². The number of nitrogens with zero attached hydrogens (tertiary/aromatic N) is 2. The van der Waals surface area contributed by atoms with Crippen molar-refractivity contribution in [1.29, 1.82) is 0 Å². The molecule has 0 radical (unpaired) electrons. The number of ether oxygens (including phenoxy) is 1. The third kappa shape index (κ3) is 4.33. The largest absolute Gasteiger partial charge is 0.438 e. The lowest BCUT2D eigenvalue weighted by Crippen LogP contribution is -2.15. The van der Waals surface area contributed by atoms with Gasteiger partial charge < -0.3 is 10.1 Å². The molecule has 0 saturated carbocycles. The quantitative estimate of drug-likeness (QED) is 0.278. The van der Waals surface area contributed by atoms with Gasteiger partial charge in [0.25, 0.3) is 0 Å². The highest BCUT2D eigenvalue weighted by atomic mass is 32.2. The Hall–Kier alpha value is -3.71. The van der Waals surface area contributed by atoms with Crippen LogP contribution in [0.2, 0.25) is 0 Å². The average Bonchev–Trinajstić information content (AvgIpc) is 2.83. The number of carbonyl (C=O) groups excluding carboxylic acids is 1. The fourth-order valence-electron chi connectivity index (χ4n) is 3.42. The van der Waals surface area contributed by atoms with Gasteiger partial charge in [-0.2, -0.15) is 4.98 Å². The second-order valence-corrected chi connectivity index (χ2v) is 8.20. The van der Waals surface area contributed by atoms with Crippen molar-refractivity contribution in [2.75, 3.05) is 11.1 Å². The molecule has 0 atom stereocenters. The first-order chi connectivity index (χ1) is 15.7. The number of hydrogen-bond acceptors (Lipinski definition) is 5. The molecule has 1 aromatic heterocycles. The smallest absolute Gasteiger partial charge is 0.234 e. The zero-order valence-corrected chi connectivity index (χ0v) is 17.7. The molecule has 0 bridgehead atoms. The van der Waals surface area contributed by atoms with Crippen molar-refractivity contribution in [1.82, 2.24) is 9.97 Å². The van der Waals surface area contributed by atoms with Crippen LogP contribution in [-0.2, 0) is 11.2 Å². The lowest BCUT2D eigenvalue weighted by molar-refractivity contribution is -0.113. The van der Waals surface area contributed by atoms with Crippen LogP contribution in [0.4, 0.5) is 10.1 Å². The molecule has 4 aromatic rings. The summed E-state index contributed by atoms with van der Waals surface area (Å²) in [5.74, 6) is 1.44. The van der Waals surface area contributed by atoms with Gasteiger partial charge in [0.05, 0.1) is 11.3 Å². The number of nitrogens with one attached hydrogen (secondary N) is 1. The number of amides is 1. The summed E-state index contributed by atoms with van der Waals surface area (Å²) in [4.78, 5) is 21.9. The van der Waals surface area contributed by atoms with Crippen LogP contribution in [0.15, 0.2) is 83.9 Å². The molecule has 158 valence electrons. The second-order valence-electron chi connectivity index (χ2n) is 7.23. The normalized spacial score (nSPS) is 11.8. The second kappa shape index (κ2) is 8.80. The summed E-state index contributed by atoms with van der Waals surface area (Å²) in [6.45, 7) is 0. The molecular weight excluding hydrogens is 425 g/mol. The Morgan fingerprint density at radius 3 is 2.53 bits per heavy atom. The highest BCUT2D eigenvalue weighted by molar-refractivity contribution is 8.00. The summed E-state index contributed by atoms with van der Waals surface area (Å²) in [6.07, 6.45) is 0.627. The summed E-state index contributed by atoms with van der Waals surface area (Å²) in [5, 5.41) is 3.49. The van der Waals surface area contributed by atoms with Gasteiger partial charge in [-0.05, 0) is 35.9 Å². The SMILES string of the molecule is O=C(CSc1nc(-c2ccccc2)nc2c1Cc1ccccc1O2)Nc1ccc(F)cc1. The van der Waals surface area contributed by atoms with Gasteiger partial charge in [0, 0.05) is 17.7 Å². The molecule has 5 nitrogen and oxygen atoms in total. The minimum absolute atomic E-state index is 0.150. The first kappa shape index (κ1) is 20.2. The Kier molecular flexibility index (Phi) is 5.56. The van der Waals surface area contributed by atoms with Gasteiger partial charge in [-0.3, -0.25) is 4.79 Å². The fourth-order valence-corrected chi connectivity index (χ4v) is 4.25. The van der Waals surface area contributed by atoms with Gasteiger partial charge in [0.2, 0.25) is 11.8 Å². The molecule has 0 spiro atoms. The molecule has 1 aliphatic rings. The number of para-hydroxylation sites is 1. The van der Waals surface area contributed by atoms with Crippen LogP contribution >= 0.6 is 11.8 Å². The number of halogens is 1. The maximum Gasteiger partial charge on any atom is 0.234 e. The van der Waals surface area contributed by atoms with Gasteiger partial charge in [0.15, 0.2) is 5.82 Å². The van der Waals surface area contributed by atoms with E-state index in [1.807, 2.05) is 54.6 Å². The monoisotopic (exact) mass is 443 g/mol. The van der Waals surface area contributed by atoms with Crippen LogP contribution in [-0.4, -0.2) is 21.6 Å². The maximum absolute atomic E-state index is 13.1. The lowest BCUT2D eigenvalue weighted by atomic mass is 10.0. The molecule has 0 fully saturated rings. The van der Waals surface area contributed by atoms with Crippen molar-refractivity contribution in [3.05, 3.63) is 95.8 Å². The highest BCUT2D eigenvalue weighted by Gasteiger charge is 2.24. The minimum Gasteiger partial charge on any atom is -0.438 e. The maximum atomic E-state index is 13.1. The van der Waals surface area contributed by atoms with Crippen LogP contribution in [0.3, 0.4) is 0 Å². The number of benzene rings is 3. The number of aromatic nitrogens is 2. The topological polar surface area (TPSA) is 64.1 Å². The molecule has 1 N–H and O–H groups in total. The summed E-state index contributed by atoms with van der Waals surface area (Å²) >= 11 is 1.33. The number of hydrogen-bond donors (Lipinski definition) is 1. The van der Waals surface area contributed by atoms with E-state index in [-0.39, 0.29) is 17.5 Å². The number of rotatable bonds is 5. The third-order valence-electron chi connectivity index (χ3n) is 4.98. The van der Waals surface area contributed by atoms with Crippen molar-refractivity contribution in [2.24, 2.45) is 0 Å². The summed E-state index contributed by atoms with van der Waals surface area (Å²) in [6, 6.07) is 23.2. The molecule has 0 aliphatic carbocycles. The summed E-state index contributed by atoms with van der Waals surface area (Å²) in [5.41, 5.74) is 3.33. The van der Waals surface area contributed by atoms with E-state index in [0.717, 1.165) is 22.4 Å². The van der Waals surface area contributed by atoms with E-state index >= 15 is 0 Å². The van der Waals surface area contributed by atoms with Crippen LogP contribution in [0.1, 0.15) is 11.1 Å². The van der Waals surface area contributed by atoms with Crippen LogP contribution in [0, 0.1) is 5.82 Å². The standard InChI is InChI=1S/C25H18FN3O2S/c26-18-10-12-19(13-11-18)27-22(30)15-32-25-20-14-17-8-4-5-9-21(17)31-24(20)28-23(29-25)16-6-2-1-3-7-16/h1-13H,14-15H2,(H,27,30). The summed E-state index contributed by atoms with van der Waals surface area (Å²) in [7, 11) is 0. The molecule has 5 rings (SSSR count). The van der Waals surface area contributed by atoms with Crippen molar-refractivity contribution in [3.8, 4) is 23.0 Å². The predicted molar refractivity (Wildman–Crippen MR) is 123 cm³/mol. The zero-order valence-electron chi connectivity index (χ0n) is 16.9. The van der Waals surface area contributed by atoms with E-state index < -0.39 is 0 Å². The number of anilines is 1. The fraction of sp³-hybridized carbons (Fsp3) is 0.0800. The molecule has 1 amide bonds. The number of fused-ring (bicyclic) bond motifs is 2. The van der Waals surface area contributed by atoms with Gasteiger partial charge >= 0.3 is 0 Å². The van der Waals surface area contributed by atoms with Gasteiger partial charge in [0.1, 0.15) is 16.6 Å². The summed E-state index contributed by atoms with van der Waals surface area (Å²) < 4.78 is 19.2. The van der Waals surface area contributed by atoms with Crippen molar-refractivity contribution in [3.63, 3.8) is 0 Å². The van der Waals surface area contributed by atoms with E-state index in [1.165, 1.54) is 36.0 Å². The van der Waals surface area contributed by atoms with E-state index in [0.29, 0.717) is 28.8 Å². The minimum atomic E-state index is -0.348. The Balaban J connectivity index is 1.42. The van der Waals surface area contributed by atoms with Crippen LogP contribution in [0.25, 0.3) is 11.4 Å². The van der Waals surface area contributed by atoms with E-state index in [1.54, 1.807) is 0 Å². The zero-order chi connectivity index (χ0) is 21.9. The average molecular weight is 444 g/mol. The first-order valence-corrected chi connectivity index (χ1v) is 11.0. The molecule has 0 saturated heterocycles. The van der Waals surface area contributed by atoms with Gasteiger partial charge in [-0.15, -0.1) is 0 Å². The van der Waals surface area contributed by atoms with Crippen LogP contribution in [0.5, 0.6) is 11.6 Å². The molecule has 2 heterocycles. The Labute approximate surface area is 188 Å². The number of thioether (sulfide) groups is 1. The predicted octanol–water partition coefficient (Wildman–Crippen LogP) is 5.71. The Bertz CT molecular complexity index is 1280. The molecule has 7 heteroatoms. The van der Waals surface area contributed by atoms with E-state index in [9.17, 15) is 9.18 Å². The third-order valence-corrected chi connectivity index (χ3v) is 6.00. The van der Waals surface area contributed by atoms with Crippen LogP contribution < -0.4 is 10.1 Å².